The number of rotatable bonds is 6. The maximum Gasteiger partial charge on any atom is 0.191 e. The van der Waals surface area contributed by atoms with Crippen LogP contribution in [0.25, 0.3) is 0 Å². The van der Waals surface area contributed by atoms with Crippen LogP contribution in [0.3, 0.4) is 0 Å². The van der Waals surface area contributed by atoms with Gasteiger partial charge >= 0.3 is 0 Å². The fraction of sp³-hybridized carbons (Fsp3) is 0.625. The Hall–Kier alpha value is -1.58. The lowest BCUT2D eigenvalue weighted by atomic mass is 10.1. The van der Waals surface area contributed by atoms with Crippen LogP contribution in [0.5, 0.6) is 0 Å². The molecule has 20 heavy (non-hydrogen) atoms. The fourth-order valence-electron chi connectivity index (χ4n) is 1.65. The van der Waals surface area contributed by atoms with Gasteiger partial charge in [-0.3, -0.25) is 9.98 Å². The van der Waals surface area contributed by atoms with Gasteiger partial charge in [-0.25, -0.2) is 0 Å². The molecule has 2 N–H and O–H groups in total. The molecular formula is C16H28N4. The molecule has 0 aliphatic carbocycles. The Morgan fingerprint density at radius 2 is 2.05 bits per heavy atom. The van der Waals surface area contributed by atoms with Gasteiger partial charge in [0.25, 0.3) is 0 Å². The van der Waals surface area contributed by atoms with Crippen molar-refractivity contribution in [3.63, 3.8) is 0 Å². The standard InChI is InChI=1S/C16H28N4/c1-6-17-16(20-14(5)12(2)3)18-10-9-15-8-7-13(4)19-11-15/h7-8,11-12,14H,6,9-10H2,1-5H3,(H2,17,18,20). The summed E-state index contributed by atoms with van der Waals surface area (Å²) in [7, 11) is 0. The number of nitrogens with zero attached hydrogens (tertiary/aromatic N) is 2. The maximum absolute atomic E-state index is 4.62. The van der Waals surface area contributed by atoms with Crippen molar-refractivity contribution in [1.82, 2.24) is 15.6 Å². The van der Waals surface area contributed by atoms with Crippen molar-refractivity contribution in [2.75, 3.05) is 13.1 Å². The van der Waals surface area contributed by atoms with Gasteiger partial charge in [0.05, 0.1) is 0 Å². The van der Waals surface area contributed by atoms with Gasteiger partial charge in [0.2, 0.25) is 0 Å². The maximum atomic E-state index is 4.62. The molecule has 0 spiro atoms. The molecule has 1 atom stereocenters. The lowest BCUT2D eigenvalue weighted by molar-refractivity contribution is 0.481. The van der Waals surface area contributed by atoms with Gasteiger partial charge < -0.3 is 10.6 Å². The molecule has 0 fully saturated rings. The summed E-state index contributed by atoms with van der Waals surface area (Å²) in [4.78, 5) is 8.93. The molecule has 0 saturated heterocycles. The summed E-state index contributed by atoms with van der Waals surface area (Å²) in [5, 5.41) is 6.72. The first-order chi connectivity index (χ1) is 9.52. The molecule has 0 aliphatic heterocycles. The van der Waals surface area contributed by atoms with Crippen molar-refractivity contribution in [1.29, 1.82) is 0 Å². The molecule has 0 bridgehead atoms. The highest BCUT2D eigenvalue weighted by atomic mass is 15.2. The Labute approximate surface area is 123 Å². The second-order valence-electron chi connectivity index (χ2n) is 5.50. The Morgan fingerprint density at radius 1 is 1.30 bits per heavy atom. The Kier molecular flexibility index (Phi) is 7.05. The summed E-state index contributed by atoms with van der Waals surface area (Å²) < 4.78 is 0. The highest BCUT2D eigenvalue weighted by molar-refractivity contribution is 5.80. The van der Waals surface area contributed by atoms with Crippen LogP contribution in [0.15, 0.2) is 23.3 Å². The lowest BCUT2D eigenvalue weighted by Gasteiger charge is -2.20. The quantitative estimate of drug-likeness (QED) is 0.620. The third kappa shape index (κ3) is 6.04. The van der Waals surface area contributed by atoms with Crippen LogP contribution >= 0.6 is 0 Å². The number of aliphatic imine (C=N–C) groups is 1. The second-order valence-corrected chi connectivity index (χ2v) is 5.50. The molecule has 1 heterocycles. The van der Waals surface area contributed by atoms with E-state index in [1.807, 2.05) is 19.2 Å². The highest BCUT2D eigenvalue weighted by Gasteiger charge is 2.08. The summed E-state index contributed by atoms with van der Waals surface area (Å²) in [6, 6.07) is 4.58. The van der Waals surface area contributed by atoms with Gasteiger partial charge in [0.15, 0.2) is 5.96 Å². The first-order valence-corrected chi connectivity index (χ1v) is 7.49. The van der Waals surface area contributed by atoms with Crippen molar-refractivity contribution >= 4 is 5.96 Å². The van der Waals surface area contributed by atoms with Crippen molar-refractivity contribution in [2.45, 2.75) is 47.1 Å². The number of nitrogens with one attached hydrogen (secondary N) is 2. The number of aryl methyl sites for hydroxylation is 1. The minimum Gasteiger partial charge on any atom is -0.357 e. The van der Waals surface area contributed by atoms with Crippen molar-refractivity contribution < 1.29 is 0 Å². The van der Waals surface area contributed by atoms with Crippen molar-refractivity contribution in [3.05, 3.63) is 29.6 Å². The first-order valence-electron chi connectivity index (χ1n) is 7.49. The Balaban J connectivity index is 2.51. The molecule has 0 radical (unpaired) electrons. The SMILES string of the molecule is CCNC(=NCCc1ccc(C)nc1)NC(C)C(C)C. The first kappa shape index (κ1) is 16.5. The number of hydrogen-bond donors (Lipinski definition) is 2. The fourth-order valence-corrected chi connectivity index (χ4v) is 1.65. The van der Waals surface area contributed by atoms with E-state index in [1.165, 1.54) is 5.56 Å². The van der Waals surface area contributed by atoms with Crippen molar-refractivity contribution in [3.8, 4) is 0 Å². The molecule has 1 aromatic heterocycles. The molecule has 1 aromatic rings. The van der Waals surface area contributed by atoms with Crippen LogP contribution in [0.4, 0.5) is 0 Å². The average Bonchev–Trinajstić information content (AvgIpc) is 2.41. The van der Waals surface area contributed by atoms with E-state index in [0.29, 0.717) is 12.0 Å². The molecule has 4 heteroatoms. The molecule has 112 valence electrons. The zero-order chi connectivity index (χ0) is 15.0. The Bertz CT molecular complexity index is 409. The second kappa shape index (κ2) is 8.56. The summed E-state index contributed by atoms with van der Waals surface area (Å²) in [6.45, 7) is 12.3. The van der Waals surface area contributed by atoms with Gasteiger partial charge in [-0.15, -0.1) is 0 Å². The third-order valence-electron chi connectivity index (χ3n) is 3.35. The van der Waals surface area contributed by atoms with E-state index < -0.39 is 0 Å². The van der Waals surface area contributed by atoms with E-state index in [4.69, 9.17) is 0 Å². The van der Waals surface area contributed by atoms with Gasteiger partial charge in [0, 0.05) is 31.0 Å². The monoisotopic (exact) mass is 276 g/mol. The molecule has 0 saturated carbocycles. The van der Waals surface area contributed by atoms with Crippen LogP contribution in [-0.2, 0) is 6.42 Å². The van der Waals surface area contributed by atoms with E-state index in [0.717, 1.165) is 31.2 Å². The average molecular weight is 276 g/mol. The zero-order valence-electron chi connectivity index (χ0n) is 13.4. The van der Waals surface area contributed by atoms with Gasteiger partial charge in [-0.1, -0.05) is 19.9 Å². The zero-order valence-corrected chi connectivity index (χ0v) is 13.4. The molecule has 0 aliphatic rings. The topological polar surface area (TPSA) is 49.3 Å². The molecule has 0 amide bonds. The van der Waals surface area contributed by atoms with Crippen LogP contribution < -0.4 is 10.6 Å². The molecule has 1 unspecified atom stereocenters. The van der Waals surface area contributed by atoms with Gasteiger partial charge in [0.1, 0.15) is 0 Å². The van der Waals surface area contributed by atoms with Gasteiger partial charge in [-0.05, 0) is 44.7 Å². The normalized spacial score (nSPS) is 13.4. The largest absolute Gasteiger partial charge is 0.357 e. The Morgan fingerprint density at radius 3 is 2.60 bits per heavy atom. The molecule has 1 rings (SSSR count). The number of hydrogen-bond acceptors (Lipinski definition) is 2. The predicted octanol–water partition coefficient (Wildman–Crippen LogP) is 2.53. The number of pyridine rings is 1. The lowest BCUT2D eigenvalue weighted by Crippen LogP contribution is -2.44. The van der Waals surface area contributed by atoms with Crippen molar-refractivity contribution in [2.24, 2.45) is 10.9 Å². The third-order valence-corrected chi connectivity index (χ3v) is 3.35. The van der Waals surface area contributed by atoms with E-state index in [2.05, 4.69) is 54.4 Å². The summed E-state index contributed by atoms with van der Waals surface area (Å²) in [5.74, 6) is 1.48. The smallest absolute Gasteiger partial charge is 0.191 e. The summed E-state index contributed by atoms with van der Waals surface area (Å²) in [6.07, 6.45) is 2.85. The summed E-state index contributed by atoms with van der Waals surface area (Å²) in [5.41, 5.74) is 2.28. The van der Waals surface area contributed by atoms with Crippen LogP contribution in [-0.4, -0.2) is 30.1 Å². The van der Waals surface area contributed by atoms with Gasteiger partial charge in [-0.2, -0.15) is 0 Å². The van der Waals surface area contributed by atoms with Crippen LogP contribution in [0.2, 0.25) is 0 Å². The predicted molar refractivity (Wildman–Crippen MR) is 86.1 cm³/mol. The minimum atomic E-state index is 0.411. The molecule has 4 nitrogen and oxygen atoms in total. The van der Waals surface area contributed by atoms with E-state index in [1.54, 1.807) is 0 Å². The van der Waals surface area contributed by atoms with E-state index >= 15 is 0 Å². The van der Waals surface area contributed by atoms with Crippen LogP contribution in [0.1, 0.15) is 39.0 Å². The minimum absolute atomic E-state index is 0.411. The van der Waals surface area contributed by atoms with E-state index in [-0.39, 0.29) is 0 Å². The summed E-state index contributed by atoms with van der Waals surface area (Å²) >= 11 is 0. The molecule has 0 aromatic carbocycles. The van der Waals surface area contributed by atoms with Crippen LogP contribution in [0, 0.1) is 12.8 Å². The highest BCUT2D eigenvalue weighted by Crippen LogP contribution is 2.01. The number of guanidine groups is 1. The number of aromatic nitrogens is 1. The molecular weight excluding hydrogens is 248 g/mol. The van der Waals surface area contributed by atoms with E-state index in [9.17, 15) is 0 Å².